The molecule has 2 aromatic carbocycles. The molecule has 0 amide bonds. The van der Waals surface area contributed by atoms with E-state index in [4.69, 9.17) is 14.2 Å². The molecule has 0 unspecified atom stereocenters. The topological polar surface area (TPSA) is 47.9 Å². The van der Waals surface area contributed by atoms with E-state index in [1.165, 1.54) is 6.07 Å². The van der Waals surface area contributed by atoms with Gasteiger partial charge in [0.25, 0.3) is 0 Å². The van der Waals surface area contributed by atoms with Crippen LogP contribution in [-0.2, 0) is 0 Å². The van der Waals surface area contributed by atoms with Crippen LogP contribution in [0, 0.1) is 0 Å². The van der Waals surface area contributed by atoms with Crippen molar-refractivity contribution in [1.82, 2.24) is 0 Å². The molecule has 0 aliphatic heterocycles. The van der Waals surface area contributed by atoms with Crippen molar-refractivity contribution in [2.75, 3.05) is 14.2 Å². The summed E-state index contributed by atoms with van der Waals surface area (Å²) >= 11 is 0. The number of phenolic OH excluding ortho intramolecular Hbond substituents is 1. The van der Waals surface area contributed by atoms with Crippen molar-refractivity contribution >= 4 is 0 Å². The van der Waals surface area contributed by atoms with E-state index in [0.717, 1.165) is 0 Å². The Bertz CT molecular complexity index is 537. The Morgan fingerprint density at radius 2 is 1.56 bits per heavy atom. The van der Waals surface area contributed by atoms with Gasteiger partial charge in [-0.1, -0.05) is 6.07 Å². The molecule has 2 aromatic rings. The van der Waals surface area contributed by atoms with Crippen LogP contribution in [0.25, 0.3) is 0 Å². The zero-order chi connectivity index (χ0) is 13.0. The second-order valence-corrected chi connectivity index (χ2v) is 3.62. The van der Waals surface area contributed by atoms with Gasteiger partial charge in [0.2, 0.25) is 0 Å². The van der Waals surface area contributed by atoms with Crippen molar-refractivity contribution in [3.05, 3.63) is 42.5 Å². The summed E-state index contributed by atoms with van der Waals surface area (Å²) in [5, 5.41) is 9.35. The van der Waals surface area contributed by atoms with Crippen molar-refractivity contribution in [3.63, 3.8) is 0 Å². The Balaban J connectivity index is 2.24. The molecular weight excluding hydrogens is 232 g/mol. The lowest BCUT2D eigenvalue weighted by Gasteiger charge is -2.10. The highest BCUT2D eigenvalue weighted by molar-refractivity contribution is 5.47. The van der Waals surface area contributed by atoms with Gasteiger partial charge in [-0.05, 0) is 24.3 Å². The van der Waals surface area contributed by atoms with Crippen molar-refractivity contribution in [2.45, 2.75) is 0 Å². The summed E-state index contributed by atoms with van der Waals surface area (Å²) in [7, 11) is 3.14. The van der Waals surface area contributed by atoms with Gasteiger partial charge in [-0.2, -0.15) is 0 Å². The fraction of sp³-hybridized carbons (Fsp3) is 0.143. The first kappa shape index (κ1) is 12.1. The summed E-state index contributed by atoms with van der Waals surface area (Å²) in [5.74, 6) is 2.56. The predicted molar refractivity (Wildman–Crippen MR) is 67.7 cm³/mol. The molecule has 0 saturated carbocycles. The molecular formula is C14H14O4. The monoisotopic (exact) mass is 246 g/mol. The lowest BCUT2D eigenvalue weighted by Crippen LogP contribution is -1.91. The highest BCUT2D eigenvalue weighted by Crippen LogP contribution is 2.33. The normalized spacial score (nSPS) is 9.89. The van der Waals surface area contributed by atoms with Gasteiger partial charge in [-0.25, -0.2) is 0 Å². The number of benzene rings is 2. The number of hydrogen-bond donors (Lipinski definition) is 1. The Morgan fingerprint density at radius 1 is 0.833 bits per heavy atom. The molecule has 0 heterocycles. The van der Waals surface area contributed by atoms with Crippen molar-refractivity contribution in [3.8, 4) is 28.7 Å². The minimum atomic E-state index is 0.160. The van der Waals surface area contributed by atoms with Crippen LogP contribution >= 0.6 is 0 Å². The zero-order valence-corrected chi connectivity index (χ0v) is 10.2. The van der Waals surface area contributed by atoms with Gasteiger partial charge in [-0.15, -0.1) is 0 Å². The second kappa shape index (κ2) is 5.31. The predicted octanol–water partition coefficient (Wildman–Crippen LogP) is 3.20. The summed E-state index contributed by atoms with van der Waals surface area (Å²) < 4.78 is 15.9. The maximum absolute atomic E-state index is 9.35. The summed E-state index contributed by atoms with van der Waals surface area (Å²) in [4.78, 5) is 0. The number of methoxy groups -OCH3 is 2. The Morgan fingerprint density at radius 3 is 2.22 bits per heavy atom. The average Bonchev–Trinajstić information content (AvgIpc) is 2.38. The van der Waals surface area contributed by atoms with E-state index in [0.29, 0.717) is 23.0 Å². The molecule has 0 aromatic heterocycles. The first-order chi connectivity index (χ1) is 8.72. The third-order valence-corrected chi connectivity index (χ3v) is 2.41. The van der Waals surface area contributed by atoms with Crippen molar-refractivity contribution in [1.29, 1.82) is 0 Å². The zero-order valence-electron chi connectivity index (χ0n) is 10.2. The first-order valence-corrected chi connectivity index (χ1v) is 5.42. The Labute approximate surface area is 105 Å². The molecule has 0 bridgehead atoms. The summed E-state index contributed by atoms with van der Waals surface area (Å²) in [6, 6.07) is 11.9. The molecule has 0 aliphatic carbocycles. The Hall–Kier alpha value is -2.36. The molecule has 0 radical (unpaired) electrons. The van der Waals surface area contributed by atoms with Gasteiger partial charge in [-0.3, -0.25) is 0 Å². The number of rotatable bonds is 4. The molecule has 0 atom stereocenters. The molecule has 1 N–H and O–H groups in total. The molecule has 0 aliphatic rings. The molecule has 4 nitrogen and oxygen atoms in total. The van der Waals surface area contributed by atoms with Crippen LogP contribution in [0.5, 0.6) is 28.7 Å². The maximum atomic E-state index is 9.35. The van der Waals surface area contributed by atoms with Crippen LogP contribution in [0.3, 0.4) is 0 Å². The summed E-state index contributed by atoms with van der Waals surface area (Å²) in [6.45, 7) is 0. The smallest absolute Gasteiger partial charge is 0.164 e. The molecule has 2 rings (SSSR count). The third-order valence-electron chi connectivity index (χ3n) is 2.41. The van der Waals surface area contributed by atoms with Gasteiger partial charge >= 0.3 is 0 Å². The highest BCUT2D eigenvalue weighted by atomic mass is 16.5. The van der Waals surface area contributed by atoms with Crippen LogP contribution in [0.15, 0.2) is 42.5 Å². The third kappa shape index (κ3) is 2.66. The minimum absolute atomic E-state index is 0.160. The van der Waals surface area contributed by atoms with E-state index < -0.39 is 0 Å². The van der Waals surface area contributed by atoms with Crippen LogP contribution < -0.4 is 14.2 Å². The van der Waals surface area contributed by atoms with Crippen LogP contribution in [-0.4, -0.2) is 19.3 Å². The number of aromatic hydroxyl groups is 1. The van der Waals surface area contributed by atoms with Crippen LogP contribution in [0.1, 0.15) is 0 Å². The molecule has 0 spiro atoms. The fourth-order valence-electron chi connectivity index (χ4n) is 1.56. The molecule has 94 valence electrons. The SMILES string of the molecule is COc1ccc(Oc2cccc(O)c2)cc1OC. The second-order valence-electron chi connectivity index (χ2n) is 3.62. The molecule has 0 saturated heterocycles. The van der Waals surface area contributed by atoms with Crippen LogP contribution in [0.2, 0.25) is 0 Å². The molecule has 0 fully saturated rings. The van der Waals surface area contributed by atoms with E-state index in [-0.39, 0.29) is 5.75 Å². The van der Waals surface area contributed by atoms with E-state index in [1.54, 1.807) is 50.6 Å². The number of phenols is 1. The van der Waals surface area contributed by atoms with Crippen LogP contribution in [0.4, 0.5) is 0 Å². The summed E-state index contributed by atoms with van der Waals surface area (Å²) in [5.41, 5.74) is 0. The first-order valence-electron chi connectivity index (χ1n) is 5.42. The number of hydrogen-bond acceptors (Lipinski definition) is 4. The van der Waals surface area contributed by atoms with Gasteiger partial charge in [0.05, 0.1) is 14.2 Å². The van der Waals surface area contributed by atoms with Crippen molar-refractivity contribution in [2.24, 2.45) is 0 Å². The standard InChI is InChI=1S/C14H14O4/c1-16-13-7-6-12(9-14(13)17-2)18-11-5-3-4-10(15)8-11/h3-9,15H,1-2H3. The van der Waals surface area contributed by atoms with Gasteiger partial charge in [0.15, 0.2) is 11.5 Å². The fourth-order valence-corrected chi connectivity index (χ4v) is 1.56. The van der Waals surface area contributed by atoms with Gasteiger partial charge < -0.3 is 19.3 Å². The molecule has 4 heteroatoms. The van der Waals surface area contributed by atoms with Gasteiger partial charge in [0.1, 0.15) is 17.2 Å². The number of ether oxygens (including phenoxy) is 3. The Kier molecular flexibility index (Phi) is 3.57. The van der Waals surface area contributed by atoms with Crippen molar-refractivity contribution < 1.29 is 19.3 Å². The average molecular weight is 246 g/mol. The van der Waals surface area contributed by atoms with E-state index >= 15 is 0 Å². The quantitative estimate of drug-likeness (QED) is 0.899. The maximum Gasteiger partial charge on any atom is 0.164 e. The van der Waals surface area contributed by atoms with E-state index in [9.17, 15) is 5.11 Å². The largest absolute Gasteiger partial charge is 0.508 e. The van der Waals surface area contributed by atoms with Gasteiger partial charge in [0, 0.05) is 12.1 Å². The molecule has 18 heavy (non-hydrogen) atoms. The summed E-state index contributed by atoms with van der Waals surface area (Å²) in [6.07, 6.45) is 0. The lowest BCUT2D eigenvalue weighted by molar-refractivity contribution is 0.352. The minimum Gasteiger partial charge on any atom is -0.508 e. The van der Waals surface area contributed by atoms with E-state index in [1.807, 2.05) is 0 Å². The van der Waals surface area contributed by atoms with E-state index in [2.05, 4.69) is 0 Å². The lowest BCUT2D eigenvalue weighted by atomic mass is 10.3. The highest BCUT2D eigenvalue weighted by Gasteiger charge is 2.06.